The lowest BCUT2D eigenvalue weighted by Crippen LogP contribution is -1.95. The lowest BCUT2D eigenvalue weighted by molar-refractivity contribution is 0.521. The van der Waals surface area contributed by atoms with E-state index in [0.717, 1.165) is 11.6 Å². The van der Waals surface area contributed by atoms with Crippen molar-refractivity contribution in [3.63, 3.8) is 0 Å². The van der Waals surface area contributed by atoms with Crippen molar-refractivity contribution in [2.24, 2.45) is 11.7 Å². The van der Waals surface area contributed by atoms with Gasteiger partial charge < -0.3 is 5.73 Å². The summed E-state index contributed by atoms with van der Waals surface area (Å²) in [6.07, 6.45) is 5.34. The minimum absolute atomic E-state index is 0.600. The average Bonchev–Trinajstić information content (AvgIpc) is 3.16. The zero-order chi connectivity index (χ0) is 13.9. The predicted molar refractivity (Wildman–Crippen MR) is 85.8 cm³/mol. The smallest absolute Gasteiger partial charge is 0.0963 e. The fraction of sp³-hybridized carbons (Fsp3) is 0.471. The zero-order valence-corrected chi connectivity index (χ0v) is 12.8. The van der Waals surface area contributed by atoms with E-state index in [1.54, 1.807) is 0 Å². The first-order valence-electron chi connectivity index (χ1n) is 7.55. The standard InChI is InChI=1S/C17H22N2S/c1-2-12-3-8-15(9-12)17-19-16(11-20-17)14-6-4-13(10-18)5-7-14/h4-7,11-12,15H,2-3,8-10,18H2,1H3. The Morgan fingerprint density at radius 3 is 2.70 bits per heavy atom. The first-order chi connectivity index (χ1) is 9.80. The number of hydrogen-bond donors (Lipinski definition) is 1. The summed E-state index contributed by atoms with van der Waals surface area (Å²) in [5.41, 5.74) is 9.13. The van der Waals surface area contributed by atoms with Crippen LogP contribution in [0.25, 0.3) is 11.3 Å². The number of thiazole rings is 1. The highest BCUT2D eigenvalue weighted by Crippen LogP contribution is 2.41. The minimum Gasteiger partial charge on any atom is -0.326 e. The van der Waals surface area contributed by atoms with Crippen LogP contribution in [-0.4, -0.2) is 4.98 Å². The molecule has 0 bridgehead atoms. The fourth-order valence-corrected chi connectivity index (χ4v) is 4.07. The molecular weight excluding hydrogens is 264 g/mol. The maximum absolute atomic E-state index is 5.64. The van der Waals surface area contributed by atoms with Crippen LogP contribution >= 0.6 is 11.3 Å². The molecule has 2 unspecified atom stereocenters. The van der Waals surface area contributed by atoms with Crippen molar-refractivity contribution in [3.8, 4) is 11.3 Å². The molecule has 1 aliphatic rings. The molecule has 1 heterocycles. The van der Waals surface area contributed by atoms with E-state index in [9.17, 15) is 0 Å². The number of benzene rings is 1. The molecule has 0 aliphatic heterocycles. The summed E-state index contributed by atoms with van der Waals surface area (Å²) in [7, 11) is 0. The van der Waals surface area contributed by atoms with Gasteiger partial charge in [0.25, 0.3) is 0 Å². The largest absolute Gasteiger partial charge is 0.326 e. The third kappa shape index (κ3) is 2.79. The lowest BCUT2D eigenvalue weighted by atomic mass is 10.0. The highest BCUT2D eigenvalue weighted by atomic mass is 32.1. The molecule has 1 fully saturated rings. The highest BCUT2D eigenvalue weighted by Gasteiger charge is 2.26. The van der Waals surface area contributed by atoms with Gasteiger partial charge in [-0.25, -0.2) is 4.98 Å². The van der Waals surface area contributed by atoms with Crippen LogP contribution in [0.1, 0.15) is 49.1 Å². The van der Waals surface area contributed by atoms with Gasteiger partial charge in [0.2, 0.25) is 0 Å². The van der Waals surface area contributed by atoms with Crippen molar-refractivity contribution >= 4 is 11.3 Å². The Bertz CT molecular complexity index is 559. The molecule has 3 rings (SSSR count). The molecule has 1 saturated carbocycles. The monoisotopic (exact) mass is 286 g/mol. The second-order valence-electron chi connectivity index (χ2n) is 5.76. The van der Waals surface area contributed by atoms with Gasteiger partial charge in [-0.05, 0) is 30.7 Å². The molecular formula is C17H22N2S. The van der Waals surface area contributed by atoms with Crippen LogP contribution < -0.4 is 5.73 Å². The second kappa shape index (κ2) is 6.06. The SMILES string of the molecule is CCC1CCC(c2nc(-c3ccc(CN)cc3)cs2)C1. The van der Waals surface area contributed by atoms with Crippen LogP contribution in [0.5, 0.6) is 0 Å². The lowest BCUT2D eigenvalue weighted by Gasteiger charge is -2.06. The van der Waals surface area contributed by atoms with E-state index in [1.807, 2.05) is 11.3 Å². The fourth-order valence-electron chi connectivity index (χ4n) is 3.09. The minimum atomic E-state index is 0.600. The molecule has 20 heavy (non-hydrogen) atoms. The molecule has 1 aliphatic carbocycles. The molecule has 0 spiro atoms. The summed E-state index contributed by atoms with van der Waals surface area (Å²) in [4.78, 5) is 4.87. The van der Waals surface area contributed by atoms with Gasteiger partial charge in [0.1, 0.15) is 0 Å². The maximum Gasteiger partial charge on any atom is 0.0963 e. The summed E-state index contributed by atoms with van der Waals surface area (Å²) in [5.74, 6) is 1.61. The van der Waals surface area contributed by atoms with E-state index in [2.05, 4.69) is 36.6 Å². The Balaban J connectivity index is 1.76. The van der Waals surface area contributed by atoms with E-state index in [0.29, 0.717) is 12.5 Å². The molecule has 0 amide bonds. The van der Waals surface area contributed by atoms with Crippen molar-refractivity contribution in [1.29, 1.82) is 0 Å². The normalized spacial score (nSPS) is 22.3. The molecule has 2 nitrogen and oxygen atoms in total. The van der Waals surface area contributed by atoms with Crippen LogP contribution in [0.15, 0.2) is 29.6 Å². The van der Waals surface area contributed by atoms with Crippen molar-refractivity contribution in [3.05, 3.63) is 40.2 Å². The molecule has 0 saturated heterocycles. The number of rotatable bonds is 4. The molecule has 2 atom stereocenters. The van der Waals surface area contributed by atoms with E-state index in [-0.39, 0.29) is 0 Å². The van der Waals surface area contributed by atoms with Crippen molar-refractivity contribution < 1.29 is 0 Å². The van der Waals surface area contributed by atoms with Crippen LogP contribution in [0, 0.1) is 5.92 Å². The Morgan fingerprint density at radius 1 is 1.25 bits per heavy atom. The first kappa shape index (κ1) is 13.8. The molecule has 1 aromatic heterocycles. The van der Waals surface area contributed by atoms with Gasteiger partial charge in [-0.3, -0.25) is 0 Å². The second-order valence-corrected chi connectivity index (χ2v) is 6.65. The maximum atomic E-state index is 5.64. The summed E-state index contributed by atoms with van der Waals surface area (Å²) < 4.78 is 0. The summed E-state index contributed by atoms with van der Waals surface area (Å²) in [6, 6.07) is 8.45. The molecule has 106 valence electrons. The van der Waals surface area contributed by atoms with E-state index >= 15 is 0 Å². The van der Waals surface area contributed by atoms with Crippen LogP contribution in [0.2, 0.25) is 0 Å². The molecule has 2 N–H and O–H groups in total. The predicted octanol–water partition coefficient (Wildman–Crippen LogP) is 4.56. The number of nitrogens with zero attached hydrogens (tertiary/aromatic N) is 1. The molecule has 1 aromatic carbocycles. The molecule has 0 radical (unpaired) electrons. The van der Waals surface area contributed by atoms with Crippen molar-refractivity contribution in [2.75, 3.05) is 0 Å². The van der Waals surface area contributed by atoms with Crippen LogP contribution in [0.3, 0.4) is 0 Å². The van der Waals surface area contributed by atoms with Gasteiger partial charge in [-0.2, -0.15) is 0 Å². The van der Waals surface area contributed by atoms with E-state index in [4.69, 9.17) is 10.7 Å². The van der Waals surface area contributed by atoms with Gasteiger partial charge in [0, 0.05) is 23.4 Å². The third-order valence-electron chi connectivity index (χ3n) is 4.48. The molecule has 2 aromatic rings. The van der Waals surface area contributed by atoms with Crippen molar-refractivity contribution in [2.45, 2.75) is 45.1 Å². The third-order valence-corrected chi connectivity index (χ3v) is 5.48. The Labute approximate surface area is 125 Å². The summed E-state index contributed by atoms with van der Waals surface area (Å²) in [5, 5.41) is 3.53. The van der Waals surface area contributed by atoms with Gasteiger partial charge in [0.15, 0.2) is 0 Å². The quantitative estimate of drug-likeness (QED) is 0.894. The first-order valence-corrected chi connectivity index (χ1v) is 8.43. The van der Waals surface area contributed by atoms with Crippen LogP contribution in [-0.2, 0) is 6.54 Å². The van der Waals surface area contributed by atoms with Gasteiger partial charge in [-0.15, -0.1) is 11.3 Å². The summed E-state index contributed by atoms with van der Waals surface area (Å²) >= 11 is 1.83. The Hall–Kier alpha value is -1.19. The Kier molecular flexibility index (Phi) is 4.18. The van der Waals surface area contributed by atoms with Gasteiger partial charge >= 0.3 is 0 Å². The summed E-state index contributed by atoms with van der Waals surface area (Å²) in [6.45, 7) is 2.91. The average molecular weight is 286 g/mol. The van der Waals surface area contributed by atoms with E-state index < -0.39 is 0 Å². The Morgan fingerprint density at radius 2 is 2.05 bits per heavy atom. The number of nitrogens with two attached hydrogens (primary N) is 1. The van der Waals surface area contributed by atoms with Crippen LogP contribution in [0.4, 0.5) is 0 Å². The van der Waals surface area contributed by atoms with Gasteiger partial charge in [0.05, 0.1) is 10.7 Å². The van der Waals surface area contributed by atoms with Crippen molar-refractivity contribution in [1.82, 2.24) is 4.98 Å². The number of aromatic nitrogens is 1. The zero-order valence-electron chi connectivity index (χ0n) is 12.0. The molecule has 3 heteroatoms. The highest BCUT2D eigenvalue weighted by molar-refractivity contribution is 7.10. The van der Waals surface area contributed by atoms with Gasteiger partial charge in [-0.1, -0.05) is 37.6 Å². The topological polar surface area (TPSA) is 38.9 Å². The van der Waals surface area contributed by atoms with E-state index in [1.165, 1.54) is 41.8 Å². The number of hydrogen-bond acceptors (Lipinski definition) is 3.